The van der Waals surface area contributed by atoms with Crippen LogP contribution in [-0.4, -0.2) is 24.7 Å². The largest absolute Gasteiger partial charge is 0.497 e. The summed E-state index contributed by atoms with van der Waals surface area (Å²) in [5.41, 5.74) is 2.73. The predicted octanol–water partition coefficient (Wildman–Crippen LogP) is 4.50. The van der Waals surface area contributed by atoms with Crippen molar-refractivity contribution < 1.29 is 19.0 Å². The molecule has 0 aromatic heterocycles. The highest BCUT2D eigenvalue weighted by atomic mass is 16.5. The molecule has 2 aromatic rings. The van der Waals surface area contributed by atoms with E-state index in [2.05, 4.69) is 5.32 Å². The number of rotatable bonds is 5. The van der Waals surface area contributed by atoms with Crippen molar-refractivity contribution in [1.82, 2.24) is 5.32 Å². The van der Waals surface area contributed by atoms with Gasteiger partial charge >= 0.3 is 0 Å². The summed E-state index contributed by atoms with van der Waals surface area (Å²) in [6, 6.07) is 11.4. The standard InChI is InChI=1S/C23H29NO4/c1-14-8-7-9-20(15(14)2)27-16(3)22(25)24-19-13-23(4,5)28-21-11-10-17(26-6)12-18(19)21/h7-12,16,19H,13H2,1-6H3,(H,24,25)/t16-,19-/m1/s1. The molecule has 1 aliphatic rings. The zero-order valence-corrected chi connectivity index (χ0v) is 17.5. The third-order valence-electron chi connectivity index (χ3n) is 5.22. The number of methoxy groups -OCH3 is 1. The molecule has 0 fully saturated rings. The molecule has 1 aliphatic heterocycles. The average molecular weight is 383 g/mol. The third-order valence-corrected chi connectivity index (χ3v) is 5.22. The van der Waals surface area contributed by atoms with Crippen LogP contribution in [-0.2, 0) is 4.79 Å². The van der Waals surface area contributed by atoms with E-state index in [0.717, 1.165) is 33.9 Å². The minimum absolute atomic E-state index is 0.155. The zero-order valence-electron chi connectivity index (χ0n) is 17.5. The maximum atomic E-state index is 12.9. The third kappa shape index (κ3) is 4.24. The van der Waals surface area contributed by atoms with Gasteiger partial charge in [-0.05, 0) is 70.0 Å². The van der Waals surface area contributed by atoms with Gasteiger partial charge in [0.25, 0.3) is 5.91 Å². The maximum Gasteiger partial charge on any atom is 0.261 e. The topological polar surface area (TPSA) is 56.8 Å². The van der Waals surface area contributed by atoms with E-state index in [1.54, 1.807) is 14.0 Å². The van der Waals surface area contributed by atoms with E-state index in [4.69, 9.17) is 14.2 Å². The summed E-state index contributed by atoms with van der Waals surface area (Å²) in [7, 11) is 1.63. The number of fused-ring (bicyclic) bond motifs is 1. The summed E-state index contributed by atoms with van der Waals surface area (Å²) in [6.07, 6.45) is 0.0512. The van der Waals surface area contributed by atoms with Gasteiger partial charge in [-0.2, -0.15) is 0 Å². The number of nitrogens with one attached hydrogen (secondary N) is 1. The molecule has 0 aliphatic carbocycles. The van der Waals surface area contributed by atoms with E-state index < -0.39 is 6.10 Å². The normalized spacial score (nSPS) is 18.4. The molecule has 5 nitrogen and oxygen atoms in total. The summed E-state index contributed by atoms with van der Waals surface area (Å²) in [5, 5.41) is 3.14. The van der Waals surface area contributed by atoms with E-state index in [1.807, 2.05) is 64.1 Å². The van der Waals surface area contributed by atoms with Gasteiger partial charge in [0, 0.05) is 12.0 Å². The molecule has 3 rings (SSSR count). The van der Waals surface area contributed by atoms with E-state index >= 15 is 0 Å². The smallest absolute Gasteiger partial charge is 0.261 e. The minimum atomic E-state index is -0.611. The second-order valence-electron chi connectivity index (χ2n) is 7.99. The van der Waals surface area contributed by atoms with Crippen LogP contribution in [0.4, 0.5) is 0 Å². The van der Waals surface area contributed by atoms with Gasteiger partial charge in [0.15, 0.2) is 6.10 Å². The van der Waals surface area contributed by atoms with Crippen LogP contribution in [0, 0.1) is 13.8 Å². The molecule has 1 amide bonds. The van der Waals surface area contributed by atoms with Gasteiger partial charge in [0.05, 0.1) is 13.2 Å². The van der Waals surface area contributed by atoms with Crippen LogP contribution in [0.5, 0.6) is 17.2 Å². The van der Waals surface area contributed by atoms with Crippen LogP contribution < -0.4 is 19.5 Å². The Morgan fingerprint density at radius 2 is 2.00 bits per heavy atom. The van der Waals surface area contributed by atoms with Crippen molar-refractivity contribution in [3.63, 3.8) is 0 Å². The van der Waals surface area contributed by atoms with Gasteiger partial charge in [-0.3, -0.25) is 4.79 Å². The molecule has 0 saturated heterocycles. The van der Waals surface area contributed by atoms with Gasteiger partial charge in [0.2, 0.25) is 0 Å². The van der Waals surface area contributed by atoms with E-state index in [-0.39, 0.29) is 17.6 Å². The molecule has 2 aromatic carbocycles. The molecule has 0 bridgehead atoms. The molecule has 0 spiro atoms. The van der Waals surface area contributed by atoms with Crippen molar-refractivity contribution in [3.05, 3.63) is 53.1 Å². The van der Waals surface area contributed by atoms with Crippen molar-refractivity contribution in [2.75, 3.05) is 7.11 Å². The number of ether oxygens (including phenoxy) is 3. The first-order valence-electron chi connectivity index (χ1n) is 9.60. The highest BCUT2D eigenvalue weighted by Crippen LogP contribution is 2.41. The molecule has 1 heterocycles. The Morgan fingerprint density at radius 1 is 1.25 bits per heavy atom. The van der Waals surface area contributed by atoms with Crippen LogP contribution in [0.3, 0.4) is 0 Å². The summed E-state index contributed by atoms with van der Waals surface area (Å²) in [5.74, 6) is 2.08. The van der Waals surface area contributed by atoms with Crippen molar-refractivity contribution >= 4 is 5.91 Å². The Hall–Kier alpha value is -2.69. The summed E-state index contributed by atoms with van der Waals surface area (Å²) in [6.45, 7) is 9.85. The Morgan fingerprint density at radius 3 is 2.71 bits per heavy atom. The molecule has 28 heavy (non-hydrogen) atoms. The summed E-state index contributed by atoms with van der Waals surface area (Å²) >= 11 is 0. The molecule has 150 valence electrons. The van der Waals surface area contributed by atoms with Gasteiger partial charge in [-0.25, -0.2) is 0 Å². The Labute approximate surface area is 167 Å². The number of benzene rings is 2. The van der Waals surface area contributed by atoms with Crippen molar-refractivity contribution in [1.29, 1.82) is 0 Å². The summed E-state index contributed by atoms with van der Waals surface area (Å²) in [4.78, 5) is 12.9. The Bertz CT molecular complexity index is 875. The van der Waals surface area contributed by atoms with Gasteiger partial charge in [0.1, 0.15) is 22.8 Å². The van der Waals surface area contributed by atoms with Gasteiger partial charge in [-0.1, -0.05) is 12.1 Å². The van der Waals surface area contributed by atoms with Crippen LogP contribution in [0.15, 0.2) is 36.4 Å². The van der Waals surface area contributed by atoms with Crippen LogP contribution >= 0.6 is 0 Å². The number of amides is 1. The van der Waals surface area contributed by atoms with E-state index in [1.165, 1.54) is 0 Å². The molecule has 5 heteroatoms. The number of carbonyl (C=O) groups is 1. The SMILES string of the molecule is COc1ccc2c(c1)[C@H](NC(=O)[C@@H](C)Oc1cccc(C)c1C)CC(C)(C)O2. The zero-order chi connectivity index (χ0) is 20.5. The monoisotopic (exact) mass is 383 g/mol. The molecule has 1 N–H and O–H groups in total. The average Bonchev–Trinajstić information content (AvgIpc) is 2.64. The fraction of sp³-hybridized carbons (Fsp3) is 0.435. The van der Waals surface area contributed by atoms with Crippen molar-refractivity contribution in [3.8, 4) is 17.2 Å². The van der Waals surface area contributed by atoms with E-state index in [0.29, 0.717) is 6.42 Å². The first-order valence-corrected chi connectivity index (χ1v) is 9.60. The van der Waals surface area contributed by atoms with Crippen LogP contribution in [0.1, 0.15) is 49.9 Å². The second-order valence-corrected chi connectivity index (χ2v) is 7.99. The highest BCUT2D eigenvalue weighted by molar-refractivity contribution is 5.81. The Kier molecular flexibility index (Phi) is 5.54. The second kappa shape index (κ2) is 7.74. The Balaban J connectivity index is 1.78. The van der Waals surface area contributed by atoms with Crippen LogP contribution in [0.25, 0.3) is 0 Å². The quantitative estimate of drug-likeness (QED) is 0.826. The molecule has 2 atom stereocenters. The molecule has 0 saturated carbocycles. The lowest BCUT2D eigenvalue weighted by molar-refractivity contribution is -0.128. The summed E-state index contributed by atoms with van der Waals surface area (Å²) < 4.78 is 17.4. The maximum absolute atomic E-state index is 12.9. The number of hydrogen-bond acceptors (Lipinski definition) is 4. The fourth-order valence-electron chi connectivity index (χ4n) is 3.47. The molecular formula is C23H29NO4. The first kappa shape index (κ1) is 20.1. The van der Waals surface area contributed by atoms with Crippen LogP contribution in [0.2, 0.25) is 0 Å². The minimum Gasteiger partial charge on any atom is -0.497 e. The molecule has 0 radical (unpaired) electrons. The number of hydrogen-bond donors (Lipinski definition) is 1. The van der Waals surface area contributed by atoms with E-state index in [9.17, 15) is 4.79 Å². The highest BCUT2D eigenvalue weighted by Gasteiger charge is 2.35. The fourth-order valence-corrected chi connectivity index (χ4v) is 3.47. The van der Waals surface area contributed by atoms with Gasteiger partial charge in [-0.15, -0.1) is 0 Å². The number of aryl methyl sites for hydroxylation is 1. The van der Waals surface area contributed by atoms with Crippen molar-refractivity contribution in [2.45, 2.75) is 58.8 Å². The lowest BCUT2D eigenvalue weighted by Gasteiger charge is -2.38. The molecule has 0 unspecified atom stereocenters. The lowest BCUT2D eigenvalue weighted by atomic mass is 9.89. The van der Waals surface area contributed by atoms with Crippen molar-refractivity contribution in [2.24, 2.45) is 0 Å². The lowest BCUT2D eigenvalue weighted by Crippen LogP contribution is -2.44. The molecular weight excluding hydrogens is 354 g/mol. The van der Waals surface area contributed by atoms with Gasteiger partial charge < -0.3 is 19.5 Å². The number of carbonyl (C=O) groups excluding carboxylic acids is 1. The predicted molar refractivity (Wildman–Crippen MR) is 109 cm³/mol. The first-order chi connectivity index (χ1) is 13.2.